The summed E-state index contributed by atoms with van der Waals surface area (Å²) in [6, 6.07) is 2.06. The Kier molecular flexibility index (Phi) is 4.77. The van der Waals surface area contributed by atoms with Crippen LogP contribution in [0.1, 0.15) is 35.7 Å². The molecule has 1 atom stereocenters. The van der Waals surface area contributed by atoms with Crippen molar-refractivity contribution in [2.24, 2.45) is 0 Å². The maximum Gasteiger partial charge on any atom is 0.257 e. The molecule has 2 aliphatic heterocycles. The molecular weight excluding hydrogens is 388 g/mol. The zero-order valence-electron chi connectivity index (χ0n) is 16.5. The summed E-state index contributed by atoms with van der Waals surface area (Å²) in [5.41, 5.74) is 3.05. The Bertz CT molecular complexity index is 1010. The summed E-state index contributed by atoms with van der Waals surface area (Å²) in [6.07, 6.45) is 5.25. The average molecular weight is 413 g/mol. The number of carbonyl (C=O) groups is 1. The number of nitrogens with zero attached hydrogens (tertiary/aromatic N) is 6. The number of anilines is 1. The number of carbonyl (C=O) groups excluding carboxylic acids is 1. The summed E-state index contributed by atoms with van der Waals surface area (Å²) in [6.45, 7) is 4.63. The lowest BCUT2D eigenvalue weighted by Gasteiger charge is -2.35. The fourth-order valence-corrected chi connectivity index (χ4v) is 5.46. The summed E-state index contributed by atoms with van der Waals surface area (Å²) < 4.78 is 1.70. The Morgan fingerprint density at radius 1 is 1.21 bits per heavy atom. The van der Waals surface area contributed by atoms with Gasteiger partial charge in [0.2, 0.25) is 5.91 Å². The van der Waals surface area contributed by atoms with Gasteiger partial charge in [-0.05, 0) is 37.8 Å². The molecule has 5 rings (SSSR count). The van der Waals surface area contributed by atoms with Crippen molar-refractivity contribution in [3.63, 3.8) is 0 Å². The van der Waals surface area contributed by atoms with Gasteiger partial charge in [0.1, 0.15) is 0 Å². The Hall–Kier alpha value is -2.42. The smallest absolute Gasteiger partial charge is 0.257 e. The van der Waals surface area contributed by atoms with Gasteiger partial charge in [0.05, 0.1) is 11.7 Å². The van der Waals surface area contributed by atoms with E-state index in [2.05, 4.69) is 26.1 Å². The van der Waals surface area contributed by atoms with Crippen molar-refractivity contribution in [2.75, 3.05) is 36.8 Å². The molecule has 8 nitrogen and oxygen atoms in total. The van der Waals surface area contributed by atoms with Crippen LogP contribution < -0.4 is 10.5 Å². The average Bonchev–Trinajstić information content (AvgIpc) is 3.37. The fourth-order valence-electron chi connectivity index (χ4n) is 4.36. The molecule has 1 aliphatic carbocycles. The number of hydrogen-bond acceptors (Lipinski definition) is 7. The van der Waals surface area contributed by atoms with Crippen molar-refractivity contribution >= 4 is 23.5 Å². The third kappa shape index (κ3) is 3.41. The van der Waals surface area contributed by atoms with Crippen molar-refractivity contribution in [3.8, 4) is 0 Å². The van der Waals surface area contributed by atoms with Gasteiger partial charge in [-0.25, -0.2) is 4.98 Å². The highest BCUT2D eigenvalue weighted by Gasteiger charge is 2.30. The second kappa shape index (κ2) is 7.44. The monoisotopic (exact) mass is 412 g/mol. The minimum atomic E-state index is -0.108. The van der Waals surface area contributed by atoms with E-state index in [0.29, 0.717) is 25.1 Å². The predicted octanol–water partition coefficient (Wildman–Crippen LogP) is 1.22. The summed E-state index contributed by atoms with van der Waals surface area (Å²) in [7, 11) is 0. The largest absolute Gasteiger partial charge is 0.352 e. The molecule has 0 bridgehead atoms. The van der Waals surface area contributed by atoms with Crippen LogP contribution in [0, 0.1) is 6.92 Å². The van der Waals surface area contributed by atoms with Crippen molar-refractivity contribution in [1.29, 1.82) is 0 Å². The fraction of sp³-hybridized carbons (Fsp3) is 0.550. The van der Waals surface area contributed by atoms with Crippen LogP contribution in [-0.4, -0.2) is 62.5 Å². The standard InChI is InChI=1S/C20H24N6O2S/c1-13-11-21-20-26(19(13)28)15(12-29-20)10-18(27)25-7-5-24(6-8-25)17-9-14-3-2-4-16(14)22-23-17/h9,11,15H,2-8,10,12H2,1H3/t15-/m1/s1. The van der Waals surface area contributed by atoms with Gasteiger partial charge in [-0.1, -0.05) is 11.8 Å². The van der Waals surface area contributed by atoms with Crippen LogP contribution in [0.3, 0.4) is 0 Å². The van der Waals surface area contributed by atoms with Crippen LogP contribution >= 0.6 is 11.8 Å². The van der Waals surface area contributed by atoms with E-state index in [1.807, 2.05) is 4.90 Å². The number of aryl methyl sites for hydroxylation is 3. The highest BCUT2D eigenvalue weighted by molar-refractivity contribution is 7.99. The minimum Gasteiger partial charge on any atom is -0.352 e. The molecule has 152 valence electrons. The van der Waals surface area contributed by atoms with Crippen molar-refractivity contribution in [1.82, 2.24) is 24.6 Å². The van der Waals surface area contributed by atoms with Crippen LogP contribution in [0.4, 0.5) is 5.82 Å². The van der Waals surface area contributed by atoms with E-state index in [-0.39, 0.29) is 17.5 Å². The highest BCUT2D eigenvalue weighted by Crippen LogP contribution is 2.32. The van der Waals surface area contributed by atoms with Crippen LogP contribution in [-0.2, 0) is 17.6 Å². The Balaban J connectivity index is 1.22. The third-order valence-corrected chi connectivity index (χ3v) is 7.19. The first-order valence-corrected chi connectivity index (χ1v) is 11.2. The molecule has 4 heterocycles. The number of piperazine rings is 1. The summed E-state index contributed by atoms with van der Waals surface area (Å²) in [5.74, 6) is 1.76. The molecule has 0 saturated carbocycles. The molecule has 1 saturated heterocycles. The first-order valence-electron chi connectivity index (χ1n) is 10.2. The first kappa shape index (κ1) is 18.6. The second-order valence-corrected chi connectivity index (χ2v) is 8.95. The van der Waals surface area contributed by atoms with Gasteiger partial charge in [-0.3, -0.25) is 14.2 Å². The molecule has 0 unspecified atom stereocenters. The molecule has 0 spiro atoms. The molecular formula is C20H24N6O2S. The molecule has 2 aromatic rings. The van der Waals surface area contributed by atoms with Gasteiger partial charge >= 0.3 is 0 Å². The van der Waals surface area contributed by atoms with Crippen molar-refractivity contribution in [3.05, 3.63) is 39.4 Å². The summed E-state index contributed by atoms with van der Waals surface area (Å²) in [4.78, 5) is 33.8. The summed E-state index contributed by atoms with van der Waals surface area (Å²) >= 11 is 1.55. The lowest BCUT2D eigenvalue weighted by molar-refractivity contribution is -0.132. The minimum absolute atomic E-state index is 0.0298. The van der Waals surface area contributed by atoms with Gasteiger partial charge in [-0.2, -0.15) is 5.10 Å². The van der Waals surface area contributed by atoms with Gasteiger partial charge in [-0.15, -0.1) is 5.10 Å². The van der Waals surface area contributed by atoms with Gasteiger partial charge in [0.15, 0.2) is 11.0 Å². The number of amides is 1. The maximum atomic E-state index is 12.9. The highest BCUT2D eigenvalue weighted by atomic mass is 32.2. The quantitative estimate of drug-likeness (QED) is 0.701. The second-order valence-electron chi connectivity index (χ2n) is 7.96. The Labute approximate surface area is 173 Å². The molecule has 1 fully saturated rings. The zero-order chi connectivity index (χ0) is 20.0. The Morgan fingerprint density at radius 3 is 2.86 bits per heavy atom. The normalized spacial score (nSPS) is 20.7. The van der Waals surface area contributed by atoms with Crippen LogP contribution in [0.2, 0.25) is 0 Å². The lowest BCUT2D eigenvalue weighted by atomic mass is 10.2. The topological polar surface area (TPSA) is 84.2 Å². The lowest BCUT2D eigenvalue weighted by Crippen LogP contribution is -2.49. The van der Waals surface area contributed by atoms with Gasteiger partial charge < -0.3 is 9.80 Å². The van der Waals surface area contributed by atoms with E-state index in [0.717, 1.165) is 54.8 Å². The number of thioether (sulfide) groups is 1. The van der Waals surface area contributed by atoms with Gasteiger partial charge in [0.25, 0.3) is 5.56 Å². The number of hydrogen-bond donors (Lipinski definition) is 0. The van der Waals surface area contributed by atoms with E-state index in [1.165, 1.54) is 5.56 Å². The number of aromatic nitrogens is 4. The van der Waals surface area contributed by atoms with Gasteiger partial charge in [0, 0.05) is 50.1 Å². The molecule has 29 heavy (non-hydrogen) atoms. The van der Waals surface area contributed by atoms with Crippen molar-refractivity contribution in [2.45, 2.75) is 43.8 Å². The van der Waals surface area contributed by atoms with Crippen LogP contribution in [0.5, 0.6) is 0 Å². The molecule has 0 radical (unpaired) electrons. The summed E-state index contributed by atoms with van der Waals surface area (Å²) in [5, 5.41) is 9.50. The molecule has 9 heteroatoms. The molecule has 1 amide bonds. The van der Waals surface area contributed by atoms with Crippen molar-refractivity contribution < 1.29 is 4.79 Å². The molecule has 2 aromatic heterocycles. The Morgan fingerprint density at radius 2 is 2.03 bits per heavy atom. The predicted molar refractivity (Wildman–Crippen MR) is 110 cm³/mol. The van der Waals surface area contributed by atoms with E-state index in [1.54, 1.807) is 29.4 Å². The zero-order valence-corrected chi connectivity index (χ0v) is 17.3. The SMILES string of the molecule is Cc1cnc2n(c1=O)[C@H](CC(=O)N1CCN(c3cc4c(nn3)CCC4)CC1)CS2. The molecule has 0 aromatic carbocycles. The third-order valence-electron chi connectivity index (χ3n) is 6.07. The van der Waals surface area contributed by atoms with E-state index in [9.17, 15) is 9.59 Å². The van der Waals surface area contributed by atoms with E-state index < -0.39 is 0 Å². The van der Waals surface area contributed by atoms with Crippen LogP contribution in [0.25, 0.3) is 0 Å². The van der Waals surface area contributed by atoms with E-state index in [4.69, 9.17) is 0 Å². The maximum absolute atomic E-state index is 12.9. The van der Waals surface area contributed by atoms with Crippen LogP contribution in [0.15, 0.2) is 22.2 Å². The first-order chi connectivity index (χ1) is 14.1. The number of fused-ring (bicyclic) bond motifs is 2. The van der Waals surface area contributed by atoms with E-state index >= 15 is 0 Å². The molecule has 0 N–H and O–H groups in total. The molecule has 3 aliphatic rings. The number of rotatable bonds is 3.